The van der Waals surface area contributed by atoms with Crippen LogP contribution in [0.25, 0.3) is 0 Å². The molecule has 0 radical (unpaired) electrons. The van der Waals surface area contributed by atoms with E-state index in [2.05, 4.69) is 20.8 Å². The van der Waals surface area contributed by atoms with E-state index < -0.39 is 106 Å². The molecule has 186 valence electrons. The Bertz CT molecular complexity index is 452. The molecule has 0 N–H and O–H groups in total. The minimum absolute atomic E-state index is 0.463. The van der Waals surface area contributed by atoms with Crippen LogP contribution in [0.5, 0.6) is 0 Å². The Labute approximate surface area is 222 Å². The molecule has 0 fully saturated rings. The van der Waals surface area contributed by atoms with Crippen molar-refractivity contribution in [3.8, 4) is 0 Å². The number of hydrogen-bond donors (Lipinski definition) is 0. The smallest absolute Gasteiger partial charge is 0.0233 e. The maximum atomic E-state index is 6.74. The van der Waals surface area contributed by atoms with Crippen LogP contribution in [0, 0.1) is 29.6 Å². The van der Waals surface area contributed by atoms with Gasteiger partial charge in [-0.05, 0) is 29.6 Å². The van der Waals surface area contributed by atoms with Crippen molar-refractivity contribution in [2.75, 3.05) is 0 Å². The van der Waals surface area contributed by atoms with Gasteiger partial charge in [-0.2, -0.15) is 0 Å². The summed E-state index contributed by atoms with van der Waals surface area (Å²) in [6, 6.07) is 0. The van der Waals surface area contributed by atoms with Crippen LogP contribution in [0.1, 0.15) is 192 Å². The monoisotopic (exact) mass is 459 g/mol. The minimum atomic E-state index is -1.03. The molecule has 0 bridgehead atoms. The van der Waals surface area contributed by atoms with Gasteiger partial charge in [-0.25, -0.2) is 0 Å². The molecule has 0 spiro atoms. The lowest BCUT2D eigenvalue weighted by Gasteiger charge is -1.79. The molecule has 0 amide bonds. The lowest BCUT2D eigenvalue weighted by Crippen LogP contribution is -1.66. The van der Waals surface area contributed by atoms with Crippen molar-refractivity contribution in [3.05, 3.63) is 0 Å². The van der Waals surface area contributed by atoms with Gasteiger partial charge in [0.1, 0.15) is 0 Å². The number of rotatable bonds is 0. The zero-order valence-electron chi connectivity index (χ0n) is 44.8. The molecule has 0 rings (SSSR count). The zero-order chi connectivity index (χ0) is 44.8. The fourth-order valence-electron chi connectivity index (χ4n) is 0. The van der Waals surface area contributed by atoms with Crippen molar-refractivity contribution in [3.63, 3.8) is 0 Å². The molecule has 0 atom stereocenters. The maximum absolute atomic E-state index is 6.74. The molecular formula is C28H74. The predicted molar refractivity (Wildman–Crippen MR) is 148 cm³/mol. The summed E-state index contributed by atoms with van der Waals surface area (Å²) in [6.07, 6.45) is 0. The van der Waals surface area contributed by atoms with Crippen LogP contribution in [0.2, 0.25) is 0 Å². The van der Waals surface area contributed by atoms with Crippen molar-refractivity contribution in [2.24, 2.45) is 29.6 Å². The zero-order valence-corrected chi connectivity index (χ0v) is 20.8. The van der Waals surface area contributed by atoms with E-state index in [0.717, 1.165) is 5.92 Å². The standard InChI is InChI=1S/5C4H10.4C2H6/c5*1-4(2)3;4*1-2/h5*4H,1-3H3;4*1-2H3/i4*1T2,2T2;;4*1T2. The lowest BCUT2D eigenvalue weighted by molar-refractivity contribution is 0.736. The second-order valence-corrected chi connectivity index (χ2v) is 5.17. The Morgan fingerprint density at radius 1 is 0.321 bits per heavy atom. The van der Waals surface area contributed by atoms with Gasteiger partial charge >= 0.3 is 0 Å². The summed E-state index contributed by atoms with van der Waals surface area (Å²) in [5.41, 5.74) is 0. The molecule has 0 aliphatic rings. The molecule has 0 aromatic carbocycles. The van der Waals surface area contributed by atoms with E-state index in [-0.39, 0.29) is 0 Å². The van der Waals surface area contributed by atoms with E-state index >= 15 is 0 Å². The molecule has 0 heteroatoms. The highest BCUT2D eigenvalue weighted by Crippen LogP contribution is 1.82. The molecule has 0 saturated carbocycles. The van der Waals surface area contributed by atoms with E-state index in [4.69, 9.17) is 32.9 Å². The Balaban J connectivity index is -0.0000000583. The maximum Gasteiger partial charge on any atom is 0.0233 e. The van der Waals surface area contributed by atoms with E-state index in [1.165, 1.54) is 27.7 Å². The molecule has 0 nitrogen and oxygen atoms in total. The topological polar surface area (TPSA) is 0 Å². The predicted octanol–water partition coefficient (Wildman–Crippen LogP) is 12.4. The van der Waals surface area contributed by atoms with Gasteiger partial charge in [-0.15, -0.1) is 0 Å². The van der Waals surface area contributed by atoms with Crippen molar-refractivity contribution < 1.29 is 32.9 Å². The largest absolute Gasteiger partial charge is 0.0683 e. The van der Waals surface area contributed by atoms with Gasteiger partial charge in [-0.3, -0.25) is 0 Å². The summed E-state index contributed by atoms with van der Waals surface area (Å²) < 4.78 is 158. The van der Waals surface area contributed by atoms with Gasteiger partial charge in [0.15, 0.2) is 0 Å². The van der Waals surface area contributed by atoms with Crippen LogP contribution >= 0.6 is 0 Å². The third kappa shape index (κ3) is 0. The molecule has 0 aromatic rings. The Morgan fingerprint density at radius 3 is 0.393 bits per heavy atom. The van der Waals surface area contributed by atoms with Crippen LogP contribution in [-0.2, 0) is 0 Å². The van der Waals surface area contributed by atoms with Crippen LogP contribution < -0.4 is 0 Å². The highest BCUT2D eigenvalue weighted by Gasteiger charge is 1.69. The molecule has 0 aliphatic heterocycles. The third-order valence-electron chi connectivity index (χ3n) is 0. The van der Waals surface area contributed by atoms with Crippen LogP contribution in [0.3, 0.4) is 0 Å². The summed E-state index contributed by atoms with van der Waals surface area (Å²) in [4.78, 5) is 0. The second-order valence-electron chi connectivity index (χ2n) is 5.17. The summed E-state index contributed by atoms with van der Waals surface area (Å²) >= 11 is 0. The molecule has 0 unspecified atom stereocenters. The first-order valence-electron chi connectivity index (χ1n) is 22.9. The van der Waals surface area contributed by atoms with Crippen molar-refractivity contribution in [1.82, 2.24) is 0 Å². The fraction of sp³-hybridized carbons (Fsp3) is 1.00. The van der Waals surface area contributed by atoms with Crippen molar-refractivity contribution >= 4 is 0 Å². The average Bonchev–Trinajstić information content (AvgIpc) is 2.90. The molecule has 0 saturated heterocycles. The lowest BCUT2D eigenvalue weighted by atomic mass is 10.3. The van der Waals surface area contributed by atoms with Gasteiger partial charge in [-0.1, -0.05) is 159 Å². The second kappa shape index (κ2) is 81.1. The highest BCUT2D eigenvalue weighted by molar-refractivity contribution is 4.22. The molecular weight excluding hydrogens is 336 g/mol. The third-order valence-corrected chi connectivity index (χ3v) is 0. The Morgan fingerprint density at radius 2 is 0.393 bits per heavy atom. The van der Waals surface area contributed by atoms with Crippen LogP contribution in [-0.4, -0.2) is 0 Å². The van der Waals surface area contributed by atoms with Crippen molar-refractivity contribution in [1.29, 1.82) is 0 Å². The van der Waals surface area contributed by atoms with Crippen molar-refractivity contribution in [2.45, 2.75) is 159 Å². The normalized spacial score (nSPS) is 21.0. The summed E-state index contributed by atoms with van der Waals surface area (Å²) in [5, 5.41) is 0. The summed E-state index contributed by atoms with van der Waals surface area (Å²) in [7, 11) is 0. The SMILES string of the molecule is CC(C)C.[3H]C([3H])C.[3H]C([3H])C.[3H]C([3H])C.[3H]C([3H])C.[3H]C([3H])C(C)C([3H])[3H].[3H]C([3H])C(C)C([3H])[3H].[3H]C([3H])C(C)C([3H])[3H].[3H]C([3H])C(C)C([3H])[3H]. The quantitative estimate of drug-likeness (QED) is 0.338. The minimum Gasteiger partial charge on any atom is -0.0683 e. The highest BCUT2D eigenvalue weighted by atomic mass is 13.8. The molecule has 0 aromatic heterocycles. The molecule has 28 heavy (non-hydrogen) atoms. The van der Waals surface area contributed by atoms with Gasteiger partial charge in [0.2, 0.25) is 0 Å². The van der Waals surface area contributed by atoms with Crippen LogP contribution in [0.15, 0.2) is 0 Å². The van der Waals surface area contributed by atoms with E-state index in [1.807, 2.05) is 0 Å². The Kier molecular flexibility index (Phi) is 32.0. The Hall–Kier alpha value is 0. The van der Waals surface area contributed by atoms with Gasteiger partial charge in [0, 0.05) is 32.9 Å². The van der Waals surface area contributed by atoms with Gasteiger partial charge in [0.05, 0.1) is 0 Å². The van der Waals surface area contributed by atoms with Gasteiger partial charge < -0.3 is 0 Å². The fourth-order valence-corrected chi connectivity index (χ4v) is 0. The molecule has 0 aliphatic carbocycles. The molecule has 0 heterocycles. The van der Waals surface area contributed by atoms with Crippen LogP contribution in [0.4, 0.5) is 0 Å². The number of hydrogen-bond acceptors (Lipinski definition) is 0. The first-order chi connectivity index (χ1) is 22.9. The van der Waals surface area contributed by atoms with E-state index in [0.29, 0.717) is 0 Å². The summed E-state index contributed by atoms with van der Waals surface area (Å²) in [5.74, 6) is -1.02. The first kappa shape index (κ1) is 11.0. The van der Waals surface area contributed by atoms with Gasteiger partial charge in [0.25, 0.3) is 0 Å². The average molecular weight is 459 g/mol. The van der Waals surface area contributed by atoms with E-state index in [9.17, 15) is 0 Å². The summed E-state index contributed by atoms with van der Waals surface area (Å²) in [6.45, 7) is 7.83. The first-order valence-corrected chi connectivity index (χ1v) is 9.02. The van der Waals surface area contributed by atoms with E-state index in [1.54, 1.807) is 27.7 Å².